The standard InChI is InChI=1S/C13H16N2O5/c1-8(16)12-9(2)20-13(10(12)6-14)15-11(17)7-19-5-4-18-3/h4-5,7H2,1-3H3,(H,15,17). The minimum absolute atomic E-state index is 0.0280. The fourth-order valence-electron chi connectivity index (χ4n) is 1.63. The number of ketones is 1. The second-order valence-electron chi connectivity index (χ2n) is 4.00. The molecule has 1 aromatic heterocycles. The Balaban J connectivity index is 2.73. The van der Waals surface area contributed by atoms with E-state index in [0.29, 0.717) is 12.4 Å². The Morgan fingerprint density at radius 1 is 1.40 bits per heavy atom. The summed E-state index contributed by atoms with van der Waals surface area (Å²) in [5.41, 5.74) is 0.211. The average Bonchev–Trinajstić information content (AvgIpc) is 2.70. The number of nitrogens with zero attached hydrogens (tertiary/aromatic N) is 1. The number of rotatable bonds is 7. The second kappa shape index (κ2) is 7.43. The number of carbonyl (C=O) groups excluding carboxylic acids is 2. The van der Waals surface area contributed by atoms with E-state index in [2.05, 4.69) is 5.32 Å². The maximum absolute atomic E-state index is 11.6. The van der Waals surface area contributed by atoms with Gasteiger partial charge in [0.2, 0.25) is 5.88 Å². The van der Waals surface area contributed by atoms with Crippen LogP contribution in [-0.4, -0.2) is 38.6 Å². The lowest BCUT2D eigenvalue weighted by molar-refractivity contribution is -0.121. The van der Waals surface area contributed by atoms with Crippen molar-refractivity contribution in [2.24, 2.45) is 0 Å². The van der Waals surface area contributed by atoms with Crippen molar-refractivity contribution in [2.45, 2.75) is 13.8 Å². The predicted octanol–water partition coefficient (Wildman–Crippen LogP) is 1.26. The van der Waals surface area contributed by atoms with Crippen molar-refractivity contribution in [1.82, 2.24) is 0 Å². The van der Waals surface area contributed by atoms with Crippen LogP contribution in [0.15, 0.2) is 4.42 Å². The molecule has 0 saturated carbocycles. The molecule has 7 heteroatoms. The Morgan fingerprint density at radius 3 is 2.65 bits per heavy atom. The lowest BCUT2D eigenvalue weighted by Gasteiger charge is -2.04. The van der Waals surface area contributed by atoms with Gasteiger partial charge in [0.1, 0.15) is 24.0 Å². The highest BCUT2D eigenvalue weighted by Crippen LogP contribution is 2.26. The first-order chi connectivity index (χ1) is 9.51. The number of carbonyl (C=O) groups is 2. The minimum Gasteiger partial charge on any atom is -0.443 e. The highest BCUT2D eigenvalue weighted by molar-refractivity contribution is 6.01. The lowest BCUT2D eigenvalue weighted by Crippen LogP contribution is -2.19. The van der Waals surface area contributed by atoms with Gasteiger partial charge in [0.15, 0.2) is 5.78 Å². The molecule has 1 aromatic rings. The van der Waals surface area contributed by atoms with Gasteiger partial charge in [-0.3, -0.25) is 14.9 Å². The first kappa shape index (κ1) is 15.9. The van der Waals surface area contributed by atoms with Gasteiger partial charge in [-0.05, 0) is 13.8 Å². The normalized spacial score (nSPS) is 10.1. The van der Waals surface area contributed by atoms with Crippen LogP contribution < -0.4 is 5.32 Å². The van der Waals surface area contributed by atoms with Crippen LogP contribution in [0.1, 0.15) is 28.6 Å². The van der Waals surface area contributed by atoms with Crippen LogP contribution in [0, 0.1) is 18.3 Å². The van der Waals surface area contributed by atoms with Crippen LogP contribution in [0.5, 0.6) is 0 Å². The number of furan rings is 1. The number of nitrogens with one attached hydrogen (secondary N) is 1. The van der Waals surface area contributed by atoms with Gasteiger partial charge in [0.05, 0.1) is 18.8 Å². The monoisotopic (exact) mass is 280 g/mol. The maximum Gasteiger partial charge on any atom is 0.252 e. The van der Waals surface area contributed by atoms with Crippen molar-refractivity contribution in [3.63, 3.8) is 0 Å². The Kier molecular flexibility index (Phi) is 5.90. The van der Waals surface area contributed by atoms with Crippen molar-refractivity contribution in [3.8, 4) is 6.07 Å². The van der Waals surface area contributed by atoms with E-state index >= 15 is 0 Å². The Hall–Kier alpha value is -2.17. The summed E-state index contributed by atoms with van der Waals surface area (Å²) in [6.45, 7) is 3.36. The number of anilines is 1. The molecule has 7 nitrogen and oxygen atoms in total. The first-order valence-electron chi connectivity index (χ1n) is 5.92. The van der Waals surface area contributed by atoms with E-state index in [-0.39, 0.29) is 36.0 Å². The fourth-order valence-corrected chi connectivity index (χ4v) is 1.63. The lowest BCUT2D eigenvalue weighted by atomic mass is 10.1. The van der Waals surface area contributed by atoms with Gasteiger partial charge in [-0.25, -0.2) is 0 Å². The van der Waals surface area contributed by atoms with Crippen molar-refractivity contribution in [2.75, 3.05) is 32.2 Å². The molecule has 1 heterocycles. The Morgan fingerprint density at radius 2 is 2.10 bits per heavy atom. The topological polar surface area (TPSA) is 102 Å². The first-order valence-corrected chi connectivity index (χ1v) is 5.92. The van der Waals surface area contributed by atoms with Gasteiger partial charge in [-0.2, -0.15) is 5.26 Å². The number of amides is 1. The third-order valence-corrected chi connectivity index (χ3v) is 2.47. The zero-order valence-electron chi connectivity index (χ0n) is 11.6. The largest absolute Gasteiger partial charge is 0.443 e. The molecule has 0 radical (unpaired) electrons. The van der Waals surface area contributed by atoms with Crippen LogP contribution in [-0.2, 0) is 14.3 Å². The SMILES string of the molecule is COCCOCC(=O)Nc1oc(C)c(C(C)=O)c1C#N. The molecule has 0 saturated heterocycles. The molecule has 1 amide bonds. The molecule has 108 valence electrons. The molecule has 0 bridgehead atoms. The van der Waals surface area contributed by atoms with Crippen LogP contribution in [0.4, 0.5) is 5.88 Å². The smallest absolute Gasteiger partial charge is 0.252 e. The maximum atomic E-state index is 11.6. The summed E-state index contributed by atoms with van der Waals surface area (Å²) in [4.78, 5) is 23.0. The summed E-state index contributed by atoms with van der Waals surface area (Å²) < 4.78 is 15.0. The van der Waals surface area contributed by atoms with E-state index in [0.717, 1.165) is 0 Å². The number of Topliss-reactive ketones (excluding diaryl/α,β-unsaturated/α-hetero) is 1. The molecular formula is C13H16N2O5. The Labute approximate surface area is 116 Å². The molecule has 20 heavy (non-hydrogen) atoms. The highest BCUT2D eigenvalue weighted by atomic mass is 16.5. The number of methoxy groups -OCH3 is 1. The molecule has 0 spiro atoms. The molecular weight excluding hydrogens is 264 g/mol. The Bertz CT molecular complexity index is 542. The van der Waals surface area contributed by atoms with Crippen molar-refractivity contribution >= 4 is 17.6 Å². The van der Waals surface area contributed by atoms with E-state index in [9.17, 15) is 9.59 Å². The zero-order chi connectivity index (χ0) is 15.1. The van der Waals surface area contributed by atoms with Crippen LogP contribution >= 0.6 is 0 Å². The summed E-state index contributed by atoms with van der Waals surface area (Å²) >= 11 is 0. The van der Waals surface area contributed by atoms with Gasteiger partial charge >= 0.3 is 0 Å². The van der Waals surface area contributed by atoms with Gasteiger partial charge in [0, 0.05) is 7.11 Å². The van der Waals surface area contributed by atoms with Crippen molar-refractivity contribution in [3.05, 3.63) is 16.9 Å². The molecule has 1 rings (SSSR count). The summed E-state index contributed by atoms with van der Waals surface area (Å²) in [6.07, 6.45) is 0. The average molecular weight is 280 g/mol. The molecule has 0 fully saturated rings. The number of nitriles is 1. The molecule has 0 aliphatic carbocycles. The molecule has 0 aliphatic heterocycles. The van der Waals surface area contributed by atoms with E-state index in [4.69, 9.17) is 19.2 Å². The van der Waals surface area contributed by atoms with Gasteiger partial charge < -0.3 is 13.9 Å². The van der Waals surface area contributed by atoms with Crippen LogP contribution in [0.2, 0.25) is 0 Å². The van der Waals surface area contributed by atoms with Gasteiger partial charge in [-0.15, -0.1) is 0 Å². The highest BCUT2D eigenvalue weighted by Gasteiger charge is 2.22. The summed E-state index contributed by atoms with van der Waals surface area (Å²) in [6, 6.07) is 1.86. The van der Waals surface area contributed by atoms with Crippen LogP contribution in [0.25, 0.3) is 0 Å². The third kappa shape index (κ3) is 3.91. The van der Waals surface area contributed by atoms with E-state index < -0.39 is 5.91 Å². The van der Waals surface area contributed by atoms with Crippen LogP contribution in [0.3, 0.4) is 0 Å². The number of ether oxygens (including phenoxy) is 2. The number of hydrogen-bond acceptors (Lipinski definition) is 6. The van der Waals surface area contributed by atoms with Gasteiger partial charge in [0.25, 0.3) is 5.91 Å². The summed E-state index contributed by atoms with van der Waals surface area (Å²) in [5.74, 6) is -0.499. The number of hydrogen-bond donors (Lipinski definition) is 1. The minimum atomic E-state index is -0.471. The molecule has 0 unspecified atom stereocenters. The molecule has 0 aliphatic rings. The van der Waals surface area contributed by atoms with E-state index in [1.54, 1.807) is 6.92 Å². The van der Waals surface area contributed by atoms with Crippen molar-refractivity contribution < 1.29 is 23.5 Å². The number of aryl methyl sites for hydroxylation is 1. The zero-order valence-corrected chi connectivity index (χ0v) is 11.6. The fraction of sp³-hybridized carbons (Fsp3) is 0.462. The second-order valence-corrected chi connectivity index (χ2v) is 4.00. The summed E-state index contributed by atoms with van der Waals surface area (Å²) in [5, 5.41) is 11.5. The van der Waals surface area contributed by atoms with Gasteiger partial charge in [-0.1, -0.05) is 0 Å². The van der Waals surface area contributed by atoms with E-state index in [1.807, 2.05) is 6.07 Å². The third-order valence-electron chi connectivity index (χ3n) is 2.47. The van der Waals surface area contributed by atoms with E-state index in [1.165, 1.54) is 14.0 Å². The van der Waals surface area contributed by atoms with Crippen molar-refractivity contribution in [1.29, 1.82) is 5.26 Å². The quantitative estimate of drug-likeness (QED) is 0.596. The molecule has 0 aromatic carbocycles. The molecule has 1 N–H and O–H groups in total. The predicted molar refractivity (Wildman–Crippen MR) is 69.5 cm³/mol. The summed E-state index contributed by atoms with van der Waals surface area (Å²) in [7, 11) is 1.53. The molecule has 0 atom stereocenters.